The summed E-state index contributed by atoms with van der Waals surface area (Å²) in [4.78, 5) is 9.69. The Kier molecular flexibility index (Phi) is 6.99. The number of rotatable bonds is 7. The molecule has 1 aromatic heterocycles. The molecule has 1 heterocycles. The maximum atomic E-state index is 13.2. The number of ether oxygens (including phenoxy) is 1. The summed E-state index contributed by atoms with van der Waals surface area (Å²) in [6.45, 7) is 5.26. The molecule has 1 unspecified atom stereocenters. The summed E-state index contributed by atoms with van der Waals surface area (Å²) >= 11 is 1.66. The lowest BCUT2D eigenvalue weighted by Gasteiger charge is -2.19. The molecule has 0 fully saturated rings. The average molecular weight is 350 g/mol. The summed E-state index contributed by atoms with van der Waals surface area (Å²) in [5.74, 6) is 0.917. The summed E-state index contributed by atoms with van der Waals surface area (Å²) in [6.07, 6.45) is 2.58. The number of aryl methyl sites for hydroxylation is 1. The van der Waals surface area contributed by atoms with Gasteiger partial charge in [-0.15, -0.1) is 11.3 Å². The lowest BCUT2D eigenvalue weighted by molar-refractivity contribution is 0.199. The summed E-state index contributed by atoms with van der Waals surface area (Å²) in [6, 6.07) is 6.18. The molecule has 2 aromatic rings. The number of nitrogens with one attached hydrogen (secondary N) is 2. The van der Waals surface area contributed by atoms with Crippen molar-refractivity contribution in [2.75, 3.05) is 13.6 Å². The van der Waals surface area contributed by atoms with E-state index in [1.807, 2.05) is 20.0 Å². The minimum atomic E-state index is -0.300. The van der Waals surface area contributed by atoms with Gasteiger partial charge in [-0.1, -0.05) is 13.0 Å². The van der Waals surface area contributed by atoms with Gasteiger partial charge in [0, 0.05) is 24.2 Å². The molecule has 24 heavy (non-hydrogen) atoms. The van der Waals surface area contributed by atoms with E-state index in [-0.39, 0.29) is 11.9 Å². The molecule has 130 valence electrons. The molecule has 7 heteroatoms. The van der Waals surface area contributed by atoms with E-state index in [0.29, 0.717) is 24.8 Å². The highest BCUT2D eigenvalue weighted by Gasteiger charge is 2.10. The first-order valence-electron chi connectivity index (χ1n) is 7.88. The topological polar surface area (TPSA) is 58.5 Å². The molecular formula is C17H23FN4OS. The van der Waals surface area contributed by atoms with E-state index in [1.54, 1.807) is 30.5 Å². The van der Waals surface area contributed by atoms with E-state index in [2.05, 4.69) is 20.6 Å². The van der Waals surface area contributed by atoms with Crippen molar-refractivity contribution in [2.24, 2.45) is 4.99 Å². The number of benzene rings is 1. The zero-order valence-electron chi connectivity index (χ0n) is 14.2. The number of hydrogen-bond donors (Lipinski definition) is 2. The number of halogens is 1. The molecule has 0 saturated carbocycles. The first-order chi connectivity index (χ1) is 11.6. The second-order valence-electron chi connectivity index (χ2n) is 5.28. The van der Waals surface area contributed by atoms with Gasteiger partial charge in [-0.3, -0.25) is 4.99 Å². The molecule has 2 N–H and O–H groups in total. The zero-order chi connectivity index (χ0) is 17.4. The van der Waals surface area contributed by atoms with Gasteiger partial charge >= 0.3 is 0 Å². The lowest BCUT2D eigenvalue weighted by atomic mass is 10.2. The Balaban J connectivity index is 1.81. The number of aliphatic imine (C=N–C) groups is 1. The van der Waals surface area contributed by atoms with E-state index < -0.39 is 0 Å². The maximum Gasteiger partial charge on any atom is 0.191 e. The van der Waals surface area contributed by atoms with Crippen molar-refractivity contribution < 1.29 is 9.13 Å². The fourth-order valence-corrected chi connectivity index (χ4v) is 2.80. The molecule has 0 aliphatic heterocycles. The third-order valence-electron chi connectivity index (χ3n) is 3.35. The molecule has 0 saturated heterocycles. The first kappa shape index (κ1) is 18.2. The predicted octanol–water partition coefficient (Wildman–Crippen LogP) is 3.11. The Morgan fingerprint density at radius 1 is 1.42 bits per heavy atom. The Bertz CT molecular complexity index is 674. The van der Waals surface area contributed by atoms with E-state index in [9.17, 15) is 4.39 Å². The van der Waals surface area contributed by atoms with Crippen LogP contribution in [0.25, 0.3) is 0 Å². The van der Waals surface area contributed by atoms with Crippen LogP contribution >= 0.6 is 11.3 Å². The highest BCUT2D eigenvalue weighted by Crippen LogP contribution is 2.14. The predicted molar refractivity (Wildman–Crippen MR) is 96.2 cm³/mol. The number of aromatic nitrogens is 1. The second-order valence-corrected chi connectivity index (χ2v) is 6.60. The molecule has 0 spiro atoms. The van der Waals surface area contributed by atoms with Crippen molar-refractivity contribution in [1.29, 1.82) is 0 Å². The number of guanidine groups is 1. The number of hydrogen-bond acceptors (Lipinski definition) is 4. The summed E-state index contributed by atoms with van der Waals surface area (Å²) < 4.78 is 19.0. The van der Waals surface area contributed by atoms with E-state index in [0.717, 1.165) is 11.4 Å². The highest BCUT2D eigenvalue weighted by atomic mass is 32.1. The van der Waals surface area contributed by atoms with Crippen molar-refractivity contribution in [3.8, 4) is 5.75 Å². The Morgan fingerprint density at radius 2 is 2.25 bits per heavy atom. The highest BCUT2D eigenvalue weighted by molar-refractivity contribution is 7.11. The summed E-state index contributed by atoms with van der Waals surface area (Å²) in [5.41, 5.74) is 0. The fourth-order valence-electron chi connectivity index (χ4n) is 2.08. The minimum Gasteiger partial charge on any atom is -0.489 e. The Morgan fingerprint density at radius 3 is 2.88 bits per heavy atom. The van der Waals surface area contributed by atoms with Crippen molar-refractivity contribution in [2.45, 2.75) is 32.9 Å². The monoisotopic (exact) mass is 350 g/mol. The largest absolute Gasteiger partial charge is 0.489 e. The van der Waals surface area contributed by atoms with Crippen molar-refractivity contribution in [3.63, 3.8) is 0 Å². The Labute approximate surface area is 146 Å². The van der Waals surface area contributed by atoms with Crippen LogP contribution in [-0.2, 0) is 6.54 Å². The van der Waals surface area contributed by atoms with Crippen LogP contribution in [0.15, 0.2) is 35.5 Å². The average Bonchev–Trinajstić information content (AvgIpc) is 2.99. The van der Waals surface area contributed by atoms with Gasteiger partial charge in [0.2, 0.25) is 0 Å². The van der Waals surface area contributed by atoms with E-state index >= 15 is 0 Å². The summed E-state index contributed by atoms with van der Waals surface area (Å²) in [7, 11) is 1.72. The van der Waals surface area contributed by atoms with Crippen LogP contribution in [-0.4, -0.2) is 30.6 Å². The minimum absolute atomic E-state index is 0.0764. The zero-order valence-corrected chi connectivity index (χ0v) is 15.0. The van der Waals surface area contributed by atoms with Crippen LogP contribution in [0.4, 0.5) is 4.39 Å². The second kappa shape index (κ2) is 9.22. The third-order valence-corrected chi connectivity index (χ3v) is 4.26. The van der Waals surface area contributed by atoms with Gasteiger partial charge in [0.05, 0.1) is 13.1 Å². The van der Waals surface area contributed by atoms with Gasteiger partial charge in [0.1, 0.15) is 22.7 Å². The number of thiazole rings is 1. The normalized spacial score (nSPS) is 12.8. The van der Waals surface area contributed by atoms with Gasteiger partial charge in [0.15, 0.2) is 5.96 Å². The van der Waals surface area contributed by atoms with E-state index in [1.165, 1.54) is 17.0 Å². The molecule has 1 aromatic carbocycles. The third kappa shape index (κ3) is 5.81. The van der Waals surface area contributed by atoms with Crippen molar-refractivity contribution in [1.82, 2.24) is 15.6 Å². The van der Waals surface area contributed by atoms with E-state index in [4.69, 9.17) is 4.74 Å². The van der Waals surface area contributed by atoms with Crippen LogP contribution < -0.4 is 15.4 Å². The van der Waals surface area contributed by atoms with Crippen LogP contribution in [0.3, 0.4) is 0 Å². The molecular weight excluding hydrogens is 327 g/mol. The molecule has 0 aliphatic carbocycles. The molecule has 1 atom stereocenters. The van der Waals surface area contributed by atoms with Crippen LogP contribution in [0.1, 0.15) is 23.2 Å². The van der Waals surface area contributed by atoms with Gasteiger partial charge in [0.25, 0.3) is 0 Å². The summed E-state index contributed by atoms with van der Waals surface area (Å²) in [5, 5.41) is 7.46. The molecule has 0 bridgehead atoms. The van der Waals surface area contributed by atoms with Gasteiger partial charge in [-0.25, -0.2) is 9.37 Å². The number of nitrogens with zero attached hydrogens (tertiary/aromatic N) is 2. The van der Waals surface area contributed by atoms with Crippen LogP contribution in [0, 0.1) is 12.7 Å². The SMILES string of the molecule is CCC(CNC(=NC)NCc1ncc(C)s1)Oc1cccc(F)c1. The fraction of sp³-hybridized carbons (Fsp3) is 0.412. The van der Waals surface area contributed by atoms with Crippen LogP contribution in [0.2, 0.25) is 0 Å². The van der Waals surface area contributed by atoms with Crippen molar-refractivity contribution >= 4 is 17.3 Å². The maximum absolute atomic E-state index is 13.2. The molecule has 5 nitrogen and oxygen atoms in total. The standard InChI is InChI=1S/C17H23FN4OS/c1-4-14(23-15-7-5-6-13(18)8-15)10-21-17(19-3)22-11-16-20-9-12(2)24-16/h5-9,14H,4,10-11H2,1-3H3,(H2,19,21,22). The molecule has 2 rings (SSSR count). The van der Waals surface area contributed by atoms with Gasteiger partial charge in [-0.05, 0) is 25.5 Å². The quantitative estimate of drug-likeness (QED) is 0.595. The molecule has 0 radical (unpaired) electrons. The molecule has 0 amide bonds. The molecule has 0 aliphatic rings. The Hall–Kier alpha value is -2.15. The first-order valence-corrected chi connectivity index (χ1v) is 8.70. The van der Waals surface area contributed by atoms with Gasteiger partial charge < -0.3 is 15.4 Å². The lowest BCUT2D eigenvalue weighted by Crippen LogP contribution is -2.42. The van der Waals surface area contributed by atoms with Crippen LogP contribution in [0.5, 0.6) is 5.75 Å². The smallest absolute Gasteiger partial charge is 0.191 e. The van der Waals surface area contributed by atoms with Gasteiger partial charge in [-0.2, -0.15) is 0 Å². The van der Waals surface area contributed by atoms with Crippen molar-refractivity contribution in [3.05, 3.63) is 46.2 Å².